The maximum atomic E-state index is 5.66. The number of hydrogen-bond acceptors (Lipinski definition) is 1. The van der Waals surface area contributed by atoms with Crippen LogP contribution >= 0.6 is 28.6 Å². The van der Waals surface area contributed by atoms with E-state index in [0.29, 0.717) is 0 Å². The first kappa shape index (κ1) is 11.7. The van der Waals surface area contributed by atoms with Crippen molar-refractivity contribution < 1.29 is 0 Å². The van der Waals surface area contributed by atoms with Crippen LogP contribution in [0.15, 0.2) is 0 Å². The van der Waals surface area contributed by atoms with Crippen LogP contribution in [0.5, 0.6) is 0 Å². The minimum atomic E-state index is 0. The van der Waals surface area contributed by atoms with Gasteiger partial charge in [0, 0.05) is 18.5 Å². The lowest BCUT2D eigenvalue weighted by Gasteiger charge is -2.21. The lowest BCUT2D eigenvalue weighted by atomic mass is 10.2. The summed E-state index contributed by atoms with van der Waals surface area (Å²) in [5.74, 6) is 0.788. The number of alkyl halides is 1. The van der Waals surface area contributed by atoms with Crippen LogP contribution in [0.4, 0.5) is 0 Å². The summed E-state index contributed by atoms with van der Waals surface area (Å²) in [6.07, 6.45) is 4.04. The second-order valence-corrected chi connectivity index (χ2v) is 3.31. The molecule has 3 heteroatoms. The molecule has 1 fully saturated rings. The third-order valence-electron chi connectivity index (χ3n) is 2.34. The molecule has 0 N–H and O–H groups in total. The first-order valence-corrected chi connectivity index (χ1v) is 4.72. The van der Waals surface area contributed by atoms with Crippen molar-refractivity contribution in [2.24, 2.45) is 0 Å². The fourth-order valence-electron chi connectivity index (χ4n) is 1.76. The van der Waals surface area contributed by atoms with Crippen LogP contribution in [0.2, 0.25) is 0 Å². The van der Waals surface area contributed by atoms with Crippen LogP contribution in [0, 0.1) is 0 Å². The highest BCUT2D eigenvalue weighted by Crippen LogP contribution is 2.18. The second-order valence-electron chi connectivity index (χ2n) is 2.93. The molecule has 0 amide bonds. The predicted molar refractivity (Wildman–Crippen MR) is 55.9 cm³/mol. The van der Waals surface area contributed by atoms with Gasteiger partial charge in [-0.15, -0.1) is 28.6 Å². The van der Waals surface area contributed by atoms with Gasteiger partial charge in [0.1, 0.15) is 0 Å². The average molecular weight is 243 g/mol. The molecular formula is C8H17BrClN. The Morgan fingerprint density at radius 2 is 2.27 bits per heavy atom. The van der Waals surface area contributed by atoms with E-state index in [1.54, 1.807) is 0 Å². The molecule has 1 unspecified atom stereocenters. The quantitative estimate of drug-likeness (QED) is 0.688. The molecule has 1 rings (SSSR count). The lowest BCUT2D eigenvalue weighted by molar-refractivity contribution is 0.263. The van der Waals surface area contributed by atoms with E-state index >= 15 is 0 Å². The molecule has 1 aliphatic heterocycles. The van der Waals surface area contributed by atoms with Crippen molar-refractivity contribution in [3.63, 3.8) is 0 Å². The predicted octanol–water partition coefficient (Wildman–Crippen LogP) is 2.68. The van der Waals surface area contributed by atoms with Crippen LogP contribution < -0.4 is 0 Å². The van der Waals surface area contributed by atoms with Gasteiger partial charge in [0.25, 0.3) is 0 Å². The van der Waals surface area contributed by atoms with Crippen molar-refractivity contribution in [3.05, 3.63) is 0 Å². The van der Waals surface area contributed by atoms with Gasteiger partial charge in [-0.3, -0.25) is 4.90 Å². The first-order chi connectivity index (χ1) is 4.88. The van der Waals surface area contributed by atoms with Crippen molar-refractivity contribution >= 4 is 28.6 Å². The Kier molecular flexibility index (Phi) is 6.68. The van der Waals surface area contributed by atoms with Crippen LogP contribution in [0.25, 0.3) is 0 Å². The molecule has 1 saturated heterocycles. The summed E-state index contributed by atoms with van der Waals surface area (Å²) in [7, 11) is 0. The van der Waals surface area contributed by atoms with Crippen molar-refractivity contribution in [2.45, 2.75) is 32.2 Å². The molecule has 1 heterocycles. The average Bonchev–Trinajstić information content (AvgIpc) is 2.36. The van der Waals surface area contributed by atoms with Gasteiger partial charge in [-0.25, -0.2) is 0 Å². The fraction of sp³-hybridized carbons (Fsp3) is 1.00. The zero-order valence-electron chi connectivity index (χ0n) is 7.05. The van der Waals surface area contributed by atoms with E-state index in [2.05, 4.69) is 11.8 Å². The number of likely N-dealkylation sites (tertiary alicyclic amines) is 1. The molecule has 0 aromatic carbocycles. The minimum absolute atomic E-state index is 0. The Labute approximate surface area is 84.9 Å². The van der Waals surface area contributed by atoms with Gasteiger partial charge < -0.3 is 0 Å². The molecule has 0 saturated carbocycles. The van der Waals surface area contributed by atoms with Crippen molar-refractivity contribution in [1.29, 1.82) is 0 Å². The number of nitrogens with zero attached hydrogens (tertiary/aromatic N) is 1. The van der Waals surface area contributed by atoms with Gasteiger partial charge in [-0.05, 0) is 25.8 Å². The molecule has 0 aromatic heterocycles. The molecule has 1 aliphatic rings. The van der Waals surface area contributed by atoms with Gasteiger partial charge in [0.05, 0.1) is 0 Å². The summed E-state index contributed by atoms with van der Waals surface area (Å²) in [6, 6.07) is 0.832. The standard InChI is InChI=1S/C8H16ClN.BrH/c1-2-8-4-3-6-10(8)7-5-9;/h8H,2-7H2,1H3;1H. The highest BCUT2D eigenvalue weighted by molar-refractivity contribution is 8.93. The summed E-state index contributed by atoms with van der Waals surface area (Å²) < 4.78 is 0. The SMILES string of the molecule is Br.CCC1CCCN1CCCl. The Hall–Kier alpha value is 0.730. The molecule has 11 heavy (non-hydrogen) atoms. The molecule has 0 aliphatic carbocycles. The van der Waals surface area contributed by atoms with E-state index in [4.69, 9.17) is 11.6 Å². The summed E-state index contributed by atoms with van der Waals surface area (Å²) >= 11 is 5.66. The number of hydrogen-bond donors (Lipinski definition) is 0. The number of rotatable bonds is 3. The third kappa shape index (κ3) is 3.30. The third-order valence-corrected chi connectivity index (χ3v) is 2.51. The van der Waals surface area contributed by atoms with Crippen molar-refractivity contribution in [3.8, 4) is 0 Å². The van der Waals surface area contributed by atoms with E-state index in [1.807, 2.05) is 0 Å². The van der Waals surface area contributed by atoms with E-state index < -0.39 is 0 Å². The van der Waals surface area contributed by atoms with Gasteiger partial charge in [-0.1, -0.05) is 6.92 Å². The van der Waals surface area contributed by atoms with Crippen LogP contribution in [0.1, 0.15) is 26.2 Å². The van der Waals surface area contributed by atoms with Crippen molar-refractivity contribution in [2.75, 3.05) is 19.0 Å². The highest BCUT2D eigenvalue weighted by atomic mass is 79.9. The second kappa shape index (κ2) is 6.27. The van der Waals surface area contributed by atoms with E-state index in [0.717, 1.165) is 18.5 Å². The zero-order valence-corrected chi connectivity index (χ0v) is 9.52. The topological polar surface area (TPSA) is 3.24 Å². The highest BCUT2D eigenvalue weighted by Gasteiger charge is 2.21. The van der Waals surface area contributed by atoms with E-state index in [1.165, 1.54) is 25.8 Å². The van der Waals surface area contributed by atoms with E-state index in [-0.39, 0.29) is 17.0 Å². The Morgan fingerprint density at radius 1 is 1.55 bits per heavy atom. The first-order valence-electron chi connectivity index (χ1n) is 4.18. The molecule has 0 aromatic rings. The molecule has 0 spiro atoms. The zero-order chi connectivity index (χ0) is 7.40. The van der Waals surface area contributed by atoms with Gasteiger partial charge in [0.2, 0.25) is 0 Å². The molecule has 1 atom stereocenters. The monoisotopic (exact) mass is 241 g/mol. The summed E-state index contributed by atoms with van der Waals surface area (Å²) in [5.41, 5.74) is 0. The van der Waals surface area contributed by atoms with E-state index in [9.17, 15) is 0 Å². The minimum Gasteiger partial charge on any atom is -0.299 e. The van der Waals surface area contributed by atoms with Crippen LogP contribution in [-0.2, 0) is 0 Å². The maximum absolute atomic E-state index is 5.66. The molecule has 0 radical (unpaired) electrons. The van der Waals surface area contributed by atoms with Crippen LogP contribution in [-0.4, -0.2) is 29.9 Å². The summed E-state index contributed by atoms with van der Waals surface area (Å²) in [5, 5.41) is 0. The van der Waals surface area contributed by atoms with Gasteiger partial charge in [-0.2, -0.15) is 0 Å². The van der Waals surface area contributed by atoms with Gasteiger partial charge >= 0.3 is 0 Å². The Bertz CT molecular complexity index is 100. The largest absolute Gasteiger partial charge is 0.299 e. The molecule has 68 valence electrons. The Morgan fingerprint density at radius 3 is 2.82 bits per heavy atom. The maximum Gasteiger partial charge on any atom is 0.0351 e. The normalized spacial score (nSPS) is 25.1. The summed E-state index contributed by atoms with van der Waals surface area (Å²) in [6.45, 7) is 4.61. The fourth-order valence-corrected chi connectivity index (χ4v) is 1.98. The van der Waals surface area contributed by atoms with Crippen molar-refractivity contribution in [1.82, 2.24) is 4.90 Å². The van der Waals surface area contributed by atoms with Gasteiger partial charge in [0.15, 0.2) is 0 Å². The molecule has 1 nitrogen and oxygen atoms in total. The number of halogens is 2. The lowest BCUT2D eigenvalue weighted by Crippen LogP contribution is -2.30. The van der Waals surface area contributed by atoms with Crippen LogP contribution in [0.3, 0.4) is 0 Å². The molecular weight excluding hydrogens is 225 g/mol. The Balaban J connectivity index is 0.000001000. The molecule has 0 bridgehead atoms. The summed E-state index contributed by atoms with van der Waals surface area (Å²) in [4.78, 5) is 2.51. The smallest absolute Gasteiger partial charge is 0.0351 e.